The average molecular weight is 669 g/mol. The van der Waals surface area contributed by atoms with E-state index in [0.29, 0.717) is 18.6 Å². The van der Waals surface area contributed by atoms with Gasteiger partial charge in [-0.2, -0.15) is 0 Å². The Labute approximate surface area is 288 Å². The van der Waals surface area contributed by atoms with Crippen molar-refractivity contribution in [1.29, 1.82) is 0 Å². The molecule has 0 aromatic heterocycles. The predicted molar refractivity (Wildman–Crippen MR) is 188 cm³/mol. The van der Waals surface area contributed by atoms with E-state index < -0.39 is 17.9 Å². The number of ether oxygens (including phenoxy) is 5. The minimum Gasteiger partial charge on any atom is -0.494 e. The smallest absolute Gasteiger partial charge is 0.333 e. The van der Waals surface area contributed by atoms with Crippen molar-refractivity contribution in [2.45, 2.75) is 45.4 Å². The van der Waals surface area contributed by atoms with Crippen LogP contribution in [0.15, 0.2) is 97.6 Å². The highest BCUT2D eigenvalue weighted by molar-refractivity contribution is 6.07. The summed E-state index contributed by atoms with van der Waals surface area (Å²) < 4.78 is 26.2. The van der Waals surface area contributed by atoms with Crippen molar-refractivity contribution in [2.75, 3.05) is 33.5 Å². The van der Waals surface area contributed by atoms with E-state index in [9.17, 15) is 19.2 Å². The topological polar surface area (TPSA) is 114 Å². The highest BCUT2D eigenvalue weighted by Crippen LogP contribution is 2.28. The van der Waals surface area contributed by atoms with Crippen LogP contribution in [0.5, 0.6) is 11.5 Å². The van der Waals surface area contributed by atoms with E-state index in [2.05, 4.69) is 24.0 Å². The highest BCUT2D eigenvalue weighted by atomic mass is 16.6. The van der Waals surface area contributed by atoms with Crippen molar-refractivity contribution in [3.05, 3.63) is 114 Å². The van der Waals surface area contributed by atoms with Gasteiger partial charge in [0.15, 0.2) is 5.78 Å². The zero-order chi connectivity index (χ0) is 35.4. The van der Waals surface area contributed by atoms with Gasteiger partial charge in [-0.15, -0.1) is 0 Å². The van der Waals surface area contributed by atoms with Crippen LogP contribution in [0.3, 0.4) is 0 Å². The van der Waals surface area contributed by atoms with Gasteiger partial charge in [-0.1, -0.05) is 68.6 Å². The Balaban J connectivity index is 1.38. The molecule has 0 fully saturated rings. The van der Waals surface area contributed by atoms with Gasteiger partial charge in [0, 0.05) is 17.2 Å². The van der Waals surface area contributed by atoms with E-state index >= 15 is 0 Å². The summed E-state index contributed by atoms with van der Waals surface area (Å²) in [6, 6.07) is 21.0. The van der Waals surface area contributed by atoms with Crippen LogP contribution in [0.4, 0.5) is 0 Å². The van der Waals surface area contributed by atoms with Gasteiger partial charge in [-0.05, 0) is 84.7 Å². The lowest BCUT2D eigenvalue weighted by Gasteiger charge is -2.12. The number of unbranched alkanes of at least 4 members (excludes halogenated alkanes) is 3. The van der Waals surface area contributed by atoms with Crippen molar-refractivity contribution >= 4 is 29.8 Å². The largest absolute Gasteiger partial charge is 0.494 e. The molecule has 0 atom stereocenters. The van der Waals surface area contributed by atoms with E-state index in [-0.39, 0.29) is 37.6 Å². The molecular formula is C40H44O9. The molecule has 0 spiro atoms. The Bertz CT molecular complexity index is 1600. The van der Waals surface area contributed by atoms with Gasteiger partial charge in [0.05, 0.1) is 26.7 Å². The molecule has 0 aliphatic heterocycles. The highest BCUT2D eigenvalue weighted by Gasteiger charge is 2.13. The lowest BCUT2D eigenvalue weighted by atomic mass is 9.99. The zero-order valence-corrected chi connectivity index (χ0v) is 28.2. The molecule has 0 amide bonds. The second-order valence-corrected chi connectivity index (χ2v) is 11.0. The van der Waals surface area contributed by atoms with Crippen LogP contribution >= 0.6 is 0 Å². The third-order valence-corrected chi connectivity index (χ3v) is 7.42. The first-order chi connectivity index (χ1) is 23.7. The molecule has 0 aliphatic carbocycles. The molecule has 0 unspecified atom stereocenters. The maximum Gasteiger partial charge on any atom is 0.333 e. The normalized spacial score (nSPS) is 10.7. The van der Waals surface area contributed by atoms with E-state index in [0.717, 1.165) is 65.5 Å². The molecule has 9 nitrogen and oxygen atoms in total. The number of rotatable bonds is 21. The van der Waals surface area contributed by atoms with E-state index in [1.165, 1.54) is 7.11 Å². The molecule has 0 heterocycles. The molecular weight excluding hydrogens is 624 g/mol. The minimum absolute atomic E-state index is 0.0838. The van der Waals surface area contributed by atoms with Crippen LogP contribution in [-0.2, 0) is 35.0 Å². The molecule has 0 saturated heterocycles. The predicted octanol–water partition coefficient (Wildman–Crippen LogP) is 7.52. The lowest BCUT2D eigenvalue weighted by molar-refractivity contribution is -0.144. The van der Waals surface area contributed by atoms with Crippen molar-refractivity contribution < 1.29 is 42.9 Å². The van der Waals surface area contributed by atoms with Crippen molar-refractivity contribution in [3.63, 3.8) is 0 Å². The fourth-order valence-corrected chi connectivity index (χ4v) is 4.63. The summed E-state index contributed by atoms with van der Waals surface area (Å²) in [5, 5.41) is 0. The maximum absolute atomic E-state index is 12.8. The van der Waals surface area contributed by atoms with Crippen LogP contribution in [0.1, 0.15) is 60.5 Å². The van der Waals surface area contributed by atoms with Crippen molar-refractivity contribution in [2.24, 2.45) is 0 Å². The van der Waals surface area contributed by atoms with Gasteiger partial charge < -0.3 is 23.7 Å². The monoisotopic (exact) mass is 668 g/mol. The number of benzene rings is 3. The number of ketones is 1. The zero-order valence-electron chi connectivity index (χ0n) is 28.2. The number of aryl methyl sites for hydroxylation is 1. The Kier molecular flexibility index (Phi) is 16.1. The standard InChI is InChI=1S/C40H44O9/c1-5-31-28-34(18-22-37(31)47-25-26-48-38(42)6-2)32-14-16-33(17-15-32)36(41)21-13-30-11-19-35(20-12-30)46-23-9-7-8-10-24-49-40(44)29(3)27-39(43)45-4/h6,11-22,28H,2-3,5,7-10,23-27H2,1,4H3/b21-13+. The number of hydrogen-bond acceptors (Lipinski definition) is 9. The van der Waals surface area contributed by atoms with Crippen LogP contribution < -0.4 is 9.47 Å². The maximum atomic E-state index is 12.8. The second-order valence-electron chi connectivity index (χ2n) is 11.0. The fourth-order valence-electron chi connectivity index (χ4n) is 4.63. The SMILES string of the molecule is C=CC(=O)OCCOc1ccc(-c2ccc(C(=O)/C=C/c3ccc(OCCCCCCOC(=O)C(=C)CC(=O)OC)cc3)cc2)cc1CC. The number of esters is 3. The van der Waals surface area contributed by atoms with Crippen molar-refractivity contribution in [3.8, 4) is 22.6 Å². The lowest BCUT2D eigenvalue weighted by Crippen LogP contribution is -2.12. The summed E-state index contributed by atoms with van der Waals surface area (Å²) in [5.41, 5.74) is 4.58. The third kappa shape index (κ3) is 13.3. The molecule has 0 N–H and O–H groups in total. The van der Waals surface area contributed by atoms with Crippen LogP contribution in [0.2, 0.25) is 0 Å². The first-order valence-corrected chi connectivity index (χ1v) is 16.3. The van der Waals surface area contributed by atoms with Crippen LogP contribution in [-0.4, -0.2) is 57.2 Å². The molecule has 258 valence electrons. The summed E-state index contributed by atoms with van der Waals surface area (Å²) in [4.78, 5) is 47.0. The summed E-state index contributed by atoms with van der Waals surface area (Å²) in [5.74, 6) is -0.187. The molecule has 9 heteroatoms. The molecule has 3 aromatic carbocycles. The van der Waals surface area contributed by atoms with E-state index in [4.69, 9.17) is 18.9 Å². The summed E-state index contributed by atoms with van der Waals surface area (Å²) >= 11 is 0. The number of carbonyl (C=O) groups is 4. The molecule has 0 saturated carbocycles. The quantitative estimate of drug-likeness (QED) is 0.0374. The summed E-state index contributed by atoms with van der Waals surface area (Å²) in [7, 11) is 1.25. The molecule has 3 aromatic rings. The minimum atomic E-state index is -0.577. The second kappa shape index (κ2) is 20.7. The number of hydrogen-bond donors (Lipinski definition) is 0. The van der Waals surface area contributed by atoms with Crippen LogP contribution in [0, 0.1) is 0 Å². The third-order valence-electron chi connectivity index (χ3n) is 7.42. The van der Waals surface area contributed by atoms with Gasteiger partial charge in [-0.25, -0.2) is 9.59 Å². The first-order valence-electron chi connectivity index (χ1n) is 16.3. The summed E-state index contributed by atoms with van der Waals surface area (Å²) in [6.45, 7) is 10.2. The molecule has 0 radical (unpaired) electrons. The number of carbonyl (C=O) groups excluding carboxylic acids is 4. The van der Waals surface area contributed by atoms with E-state index in [1.807, 2.05) is 67.6 Å². The average Bonchev–Trinajstić information content (AvgIpc) is 3.13. The Morgan fingerprint density at radius 2 is 1.45 bits per heavy atom. The van der Waals surface area contributed by atoms with Gasteiger partial charge in [0.2, 0.25) is 0 Å². The van der Waals surface area contributed by atoms with Crippen LogP contribution in [0.25, 0.3) is 17.2 Å². The molecule has 3 rings (SSSR count). The molecule has 0 bridgehead atoms. The Morgan fingerprint density at radius 1 is 0.755 bits per heavy atom. The van der Waals surface area contributed by atoms with Gasteiger partial charge in [-0.3, -0.25) is 9.59 Å². The van der Waals surface area contributed by atoms with E-state index in [1.54, 1.807) is 12.2 Å². The fraction of sp³-hybridized carbons (Fsp3) is 0.300. The molecule has 0 aliphatic rings. The Morgan fingerprint density at radius 3 is 2.12 bits per heavy atom. The van der Waals surface area contributed by atoms with Crippen molar-refractivity contribution in [1.82, 2.24) is 0 Å². The Hall–Kier alpha value is -5.44. The first kappa shape index (κ1) is 38.0. The van der Waals surface area contributed by atoms with Gasteiger partial charge in [0.1, 0.15) is 24.7 Å². The van der Waals surface area contributed by atoms with Gasteiger partial charge >= 0.3 is 17.9 Å². The number of allylic oxidation sites excluding steroid dienone is 1. The summed E-state index contributed by atoms with van der Waals surface area (Å²) in [6.07, 6.45) is 8.42. The molecule has 49 heavy (non-hydrogen) atoms. The number of methoxy groups -OCH3 is 1. The van der Waals surface area contributed by atoms with Gasteiger partial charge in [0.25, 0.3) is 0 Å².